The van der Waals surface area contributed by atoms with E-state index >= 15 is 0 Å². The van der Waals surface area contributed by atoms with Crippen LogP contribution < -0.4 is 5.32 Å². The highest BCUT2D eigenvalue weighted by molar-refractivity contribution is 5.46. The number of aliphatic hydroxyl groups is 1. The average molecular weight is 205 g/mol. The first kappa shape index (κ1) is 10.5. The molecule has 0 radical (unpaired) electrons. The van der Waals surface area contributed by atoms with Crippen LogP contribution in [0.5, 0.6) is 0 Å². The molecule has 2 N–H and O–H groups in total. The van der Waals surface area contributed by atoms with Crippen molar-refractivity contribution in [3.8, 4) is 0 Å². The van der Waals surface area contributed by atoms with E-state index in [4.69, 9.17) is 0 Å². The summed E-state index contributed by atoms with van der Waals surface area (Å²) in [5.41, 5.74) is 2.45. The van der Waals surface area contributed by atoms with Crippen molar-refractivity contribution in [3.63, 3.8) is 0 Å². The van der Waals surface area contributed by atoms with Crippen molar-refractivity contribution >= 4 is 5.69 Å². The summed E-state index contributed by atoms with van der Waals surface area (Å²) < 4.78 is 0. The quantitative estimate of drug-likeness (QED) is 0.778. The molecule has 0 amide bonds. The summed E-state index contributed by atoms with van der Waals surface area (Å²) in [6.07, 6.45) is 4.04. The van der Waals surface area contributed by atoms with E-state index in [0.29, 0.717) is 6.04 Å². The molecule has 15 heavy (non-hydrogen) atoms. The molecule has 2 heteroatoms. The lowest BCUT2D eigenvalue weighted by molar-refractivity contribution is 0.124. The van der Waals surface area contributed by atoms with Crippen LogP contribution in [0.15, 0.2) is 24.3 Å². The van der Waals surface area contributed by atoms with E-state index in [-0.39, 0.29) is 6.10 Å². The number of hydrogen-bond acceptors (Lipinski definition) is 2. The predicted octanol–water partition coefficient (Wildman–Crippen LogP) is 2.71. The highest BCUT2D eigenvalue weighted by atomic mass is 16.3. The molecular weight excluding hydrogens is 186 g/mol. The third-order valence-corrected chi connectivity index (χ3v) is 3.04. The lowest BCUT2D eigenvalue weighted by atomic mass is 9.93. The second-order valence-corrected chi connectivity index (χ2v) is 4.53. The van der Waals surface area contributed by atoms with Crippen LogP contribution >= 0.6 is 0 Å². The molecule has 1 aromatic carbocycles. The van der Waals surface area contributed by atoms with Gasteiger partial charge >= 0.3 is 0 Å². The summed E-state index contributed by atoms with van der Waals surface area (Å²) in [4.78, 5) is 0. The number of aryl methyl sites for hydroxylation is 1. The van der Waals surface area contributed by atoms with Gasteiger partial charge in [-0.2, -0.15) is 0 Å². The molecular formula is C13H19NO. The first-order valence-electron chi connectivity index (χ1n) is 5.75. The highest BCUT2D eigenvalue weighted by Crippen LogP contribution is 2.22. The average Bonchev–Trinajstić information content (AvgIpc) is 2.17. The monoisotopic (exact) mass is 205 g/mol. The molecule has 82 valence electrons. The number of anilines is 1. The Morgan fingerprint density at radius 3 is 2.93 bits per heavy atom. The van der Waals surface area contributed by atoms with Crippen LogP contribution in [-0.4, -0.2) is 17.3 Å². The van der Waals surface area contributed by atoms with Gasteiger partial charge in [-0.05, 0) is 50.3 Å². The highest BCUT2D eigenvalue weighted by Gasteiger charge is 2.19. The van der Waals surface area contributed by atoms with Gasteiger partial charge in [-0.25, -0.2) is 0 Å². The maximum absolute atomic E-state index is 9.57. The molecule has 1 aromatic rings. The van der Waals surface area contributed by atoms with E-state index in [1.807, 2.05) is 0 Å². The van der Waals surface area contributed by atoms with Crippen LogP contribution in [-0.2, 0) is 0 Å². The molecule has 0 aromatic heterocycles. The molecule has 2 unspecified atom stereocenters. The Hall–Kier alpha value is -1.02. The van der Waals surface area contributed by atoms with E-state index in [1.165, 1.54) is 17.7 Å². The Labute approximate surface area is 91.3 Å². The Morgan fingerprint density at radius 1 is 1.33 bits per heavy atom. The zero-order chi connectivity index (χ0) is 10.7. The van der Waals surface area contributed by atoms with Gasteiger partial charge in [-0.3, -0.25) is 0 Å². The smallest absolute Gasteiger partial charge is 0.0559 e. The minimum absolute atomic E-state index is 0.110. The van der Waals surface area contributed by atoms with Gasteiger partial charge in [0.25, 0.3) is 0 Å². The topological polar surface area (TPSA) is 32.3 Å². The molecule has 0 aliphatic heterocycles. The van der Waals surface area contributed by atoms with E-state index < -0.39 is 0 Å². The van der Waals surface area contributed by atoms with Crippen molar-refractivity contribution in [3.05, 3.63) is 29.8 Å². The van der Waals surface area contributed by atoms with Gasteiger partial charge in [0.05, 0.1) is 6.10 Å². The van der Waals surface area contributed by atoms with Gasteiger partial charge in [0, 0.05) is 11.7 Å². The van der Waals surface area contributed by atoms with E-state index in [9.17, 15) is 5.11 Å². The SMILES string of the molecule is Cc1cccc(NC2CCCC(O)C2)c1. The normalized spacial score (nSPS) is 26.3. The second kappa shape index (κ2) is 4.67. The van der Waals surface area contributed by atoms with Crippen molar-refractivity contribution in [2.75, 3.05) is 5.32 Å². The zero-order valence-electron chi connectivity index (χ0n) is 9.24. The predicted molar refractivity (Wildman–Crippen MR) is 63.1 cm³/mol. The molecule has 1 aliphatic rings. The van der Waals surface area contributed by atoms with Crippen LogP contribution in [0.4, 0.5) is 5.69 Å². The van der Waals surface area contributed by atoms with Crippen molar-refractivity contribution < 1.29 is 5.11 Å². The zero-order valence-corrected chi connectivity index (χ0v) is 9.24. The third kappa shape index (κ3) is 2.96. The molecule has 1 aliphatic carbocycles. The lowest BCUT2D eigenvalue weighted by Gasteiger charge is -2.27. The van der Waals surface area contributed by atoms with Crippen LogP contribution in [0, 0.1) is 6.92 Å². The van der Waals surface area contributed by atoms with Crippen molar-refractivity contribution in [1.82, 2.24) is 0 Å². The Bertz CT molecular complexity index is 324. The summed E-state index contributed by atoms with van der Waals surface area (Å²) in [5, 5.41) is 13.1. The van der Waals surface area contributed by atoms with Crippen LogP contribution in [0.1, 0.15) is 31.2 Å². The first-order valence-corrected chi connectivity index (χ1v) is 5.75. The van der Waals surface area contributed by atoms with E-state index in [0.717, 1.165) is 19.3 Å². The molecule has 1 saturated carbocycles. The van der Waals surface area contributed by atoms with Crippen molar-refractivity contribution in [2.45, 2.75) is 44.8 Å². The third-order valence-electron chi connectivity index (χ3n) is 3.04. The number of rotatable bonds is 2. The Kier molecular flexibility index (Phi) is 3.27. The summed E-state index contributed by atoms with van der Waals surface area (Å²) in [6.45, 7) is 2.10. The van der Waals surface area contributed by atoms with E-state index in [2.05, 4.69) is 36.5 Å². The fourth-order valence-corrected chi connectivity index (χ4v) is 2.27. The summed E-state index contributed by atoms with van der Waals surface area (Å²) >= 11 is 0. The molecule has 1 fully saturated rings. The number of hydrogen-bond donors (Lipinski definition) is 2. The number of nitrogens with one attached hydrogen (secondary N) is 1. The summed E-state index contributed by atoms with van der Waals surface area (Å²) in [6, 6.07) is 8.85. The molecule has 2 atom stereocenters. The standard InChI is InChI=1S/C13H19NO/c1-10-4-2-5-11(8-10)14-12-6-3-7-13(15)9-12/h2,4-5,8,12-15H,3,6-7,9H2,1H3. The minimum Gasteiger partial charge on any atom is -0.393 e. The second-order valence-electron chi connectivity index (χ2n) is 4.53. The molecule has 2 nitrogen and oxygen atoms in total. The van der Waals surface area contributed by atoms with Crippen LogP contribution in [0.25, 0.3) is 0 Å². The Morgan fingerprint density at radius 2 is 2.20 bits per heavy atom. The van der Waals surface area contributed by atoms with Crippen LogP contribution in [0.2, 0.25) is 0 Å². The van der Waals surface area contributed by atoms with Gasteiger partial charge in [-0.1, -0.05) is 12.1 Å². The Balaban J connectivity index is 1.96. The van der Waals surface area contributed by atoms with E-state index in [1.54, 1.807) is 0 Å². The fraction of sp³-hybridized carbons (Fsp3) is 0.538. The van der Waals surface area contributed by atoms with Crippen molar-refractivity contribution in [1.29, 1.82) is 0 Å². The lowest BCUT2D eigenvalue weighted by Crippen LogP contribution is -2.29. The van der Waals surface area contributed by atoms with Gasteiger partial charge in [0.2, 0.25) is 0 Å². The largest absolute Gasteiger partial charge is 0.393 e. The summed E-state index contributed by atoms with van der Waals surface area (Å²) in [7, 11) is 0. The number of aliphatic hydroxyl groups excluding tert-OH is 1. The van der Waals surface area contributed by atoms with Gasteiger partial charge in [0.1, 0.15) is 0 Å². The number of benzene rings is 1. The molecule has 0 bridgehead atoms. The first-order chi connectivity index (χ1) is 7.24. The van der Waals surface area contributed by atoms with Gasteiger partial charge < -0.3 is 10.4 Å². The van der Waals surface area contributed by atoms with Crippen molar-refractivity contribution in [2.24, 2.45) is 0 Å². The van der Waals surface area contributed by atoms with Crippen LogP contribution in [0.3, 0.4) is 0 Å². The maximum Gasteiger partial charge on any atom is 0.0559 e. The van der Waals surface area contributed by atoms with Gasteiger partial charge in [0.15, 0.2) is 0 Å². The fourth-order valence-electron chi connectivity index (χ4n) is 2.27. The summed E-state index contributed by atoms with van der Waals surface area (Å²) in [5.74, 6) is 0. The maximum atomic E-state index is 9.57. The van der Waals surface area contributed by atoms with Gasteiger partial charge in [-0.15, -0.1) is 0 Å². The molecule has 0 saturated heterocycles. The molecule has 0 heterocycles. The minimum atomic E-state index is -0.110. The molecule has 2 rings (SSSR count). The molecule has 0 spiro atoms.